The van der Waals surface area contributed by atoms with Gasteiger partial charge < -0.3 is 15.7 Å². The first-order chi connectivity index (χ1) is 8.08. The number of carbonyl (C=O) groups excluding carboxylic acids is 1. The van der Waals surface area contributed by atoms with E-state index in [9.17, 15) is 9.59 Å². The zero-order valence-electron chi connectivity index (χ0n) is 9.97. The highest BCUT2D eigenvalue weighted by molar-refractivity contribution is 5.80. The SMILES string of the molecule is NC1CCN(C(=O)C2CCCC(C(=O)O)C2)C1. The van der Waals surface area contributed by atoms with Crippen LogP contribution in [0.25, 0.3) is 0 Å². The molecule has 2 rings (SSSR count). The van der Waals surface area contributed by atoms with Gasteiger partial charge in [-0.2, -0.15) is 0 Å². The number of hydrogen-bond donors (Lipinski definition) is 2. The lowest BCUT2D eigenvalue weighted by Gasteiger charge is -2.29. The predicted octanol–water partition coefficient (Wildman–Crippen LogP) is 0.437. The van der Waals surface area contributed by atoms with E-state index in [1.165, 1.54) is 0 Å². The molecule has 5 nitrogen and oxygen atoms in total. The molecule has 0 radical (unpaired) electrons. The number of amides is 1. The average Bonchev–Trinajstić information content (AvgIpc) is 2.75. The summed E-state index contributed by atoms with van der Waals surface area (Å²) in [7, 11) is 0. The maximum absolute atomic E-state index is 12.2. The average molecular weight is 240 g/mol. The van der Waals surface area contributed by atoms with Crippen molar-refractivity contribution in [1.29, 1.82) is 0 Å². The zero-order valence-corrected chi connectivity index (χ0v) is 9.97. The number of rotatable bonds is 2. The molecule has 1 aliphatic carbocycles. The summed E-state index contributed by atoms with van der Waals surface area (Å²) in [5, 5.41) is 9.00. The smallest absolute Gasteiger partial charge is 0.306 e. The second-order valence-corrected chi connectivity index (χ2v) is 5.23. The lowest BCUT2D eigenvalue weighted by Crippen LogP contribution is -2.39. The summed E-state index contributed by atoms with van der Waals surface area (Å²) in [5.74, 6) is -1.09. The zero-order chi connectivity index (χ0) is 12.4. The first-order valence-corrected chi connectivity index (χ1v) is 6.35. The van der Waals surface area contributed by atoms with Crippen LogP contribution in [0.1, 0.15) is 32.1 Å². The molecule has 0 aromatic carbocycles. The minimum absolute atomic E-state index is 0.0952. The van der Waals surface area contributed by atoms with E-state index in [0.717, 1.165) is 25.8 Å². The maximum Gasteiger partial charge on any atom is 0.306 e. The van der Waals surface area contributed by atoms with Gasteiger partial charge in [-0.15, -0.1) is 0 Å². The molecule has 3 N–H and O–H groups in total. The van der Waals surface area contributed by atoms with Crippen LogP contribution in [-0.4, -0.2) is 41.0 Å². The Kier molecular flexibility index (Phi) is 3.66. The molecule has 0 bridgehead atoms. The molecule has 1 amide bonds. The third-order valence-electron chi connectivity index (χ3n) is 3.91. The molecular weight excluding hydrogens is 220 g/mol. The molecule has 1 heterocycles. The maximum atomic E-state index is 12.2. The molecule has 0 aromatic rings. The number of carbonyl (C=O) groups is 2. The fourth-order valence-corrected chi connectivity index (χ4v) is 2.88. The fourth-order valence-electron chi connectivity index (χ4n) is 2.88. The summed E-state index contributed by atoms with van der Waals surface area (Å²) in [5.41, 5.74) is 5.78. The molecule has 0 aromatic heterocycles. The third-order valence-corrected chi connectivity index (χ3v) is 3.91. The second-order valence-electron chi connectivity index (χ2n) is 5.23. The van der Waals surface area contributed by atoms with Gasteiger partial charge in [0.15, 0.2) is 0 Å². The van der Waals surface area contributed by atoms with E-state index in [2.05, 4.69) is 0 Å². The van der Waals surface area contributed by atoms with Crippen molar-refractivity contribution >= 4 is 11.9 Å². The summed E-state index contributed by atoms with van der Waals surface area (Å²) >= 11 is 0. The first-order valence-electron chi connectivity index (χ1n) is 6.35. The number of likely N-dealkylation sites (tertiary alicyclic amines) is 1. The Morgan fingerprint density at radius 1 is 1.18 bits per heavy atom. The Morgan fingerprint density at radius 3 is 2.47 bits per heavy atom. The van der Waals surface area contributed by atoms with Crippen LogP contribution in [0.5, 0.6) is 0 Å². The van der Waals surface area contributed by atoms with Gasteiger partial charge in [0.1, 0.15) is 0 Å². The van der Waals surface area contributed by atoms with Crippen LogP contribution >= 0.6 is 0 Å². The quantitative estimate of drug-likeness (QED) is 0.733. The number of nitrogens with two attached hydrogens (primary N) is 1. The van der Waals surface area contributed by atoms with Crippen molar-refractivity contribution in [3.8, 4) is 0 Å². The Hall–Kier alpha value is -1.10. The van der Waals surface area contributed by atoms with E-state index < -0.39 is 5.97 Å². The van der Waals surface area contributed by atoms with Crippen molar-refractivity contribution in [2.24, 2.45) is 17.6 Å². The molecule has 2 fully saturated rings. The third kappa shape index (κ3) is 2.77. The monoisotopic (exact) mass is 240 g/mol. The summed E-state index contributed by atoms with van der Waals surface area (Å²) in [6.07, 6.45) is 3.74. The van der Waals surface area contributed by atoms with Crippen LogP contribution in [-0.2, 0) is 9.59 Å². The van der Waals surface area contributed by atoms with Gasteiger partial charge in [-0.05, 0) is 25.7 Å². The lowest BCUT2D eigenvalue weighted by atomic mass is 9.81. The van der Waals surface area contributed by atoms with Gasteiger partial charge in [0.05, 0.1) is 5.92 Å². The highest BCUT2D eigenvalue weighted by Gasteiger charge is 2.35. The van der Waals surface area contributed by atoms with E-state index >= 15 is 0 Å². The molecule has 1 saturated heterocycles. The fraction of sp³-hybridized carbons (Fsp3) is 0.833. The number of carboxylic acids is 1. The molecule has 2 aliphatic rings. The van der Waals surface area contributed by atoms with Crippen molar-refractivity contribution in [3.63, 3.8) is 0 Å². The summed E-state index contributed by atoms with van der Waals surface area (Å²) in [6.45, 7) is 1.36. The van der Waals surface area contributed by atoms with Crippen molar-refractivity contribution < 1.29 is 14.7 Å². The highest BCUT2D eigenvalue weighted by Crippen LogP contribution is 2.31. The van der Waals surface area contributed by atoms with Gasteiger partial charge in [0, 0.05) is 25.0 Å². The summed E-state index contributed by atoms with van der Waals surface area (Å²) in [4.78, 5) is 24.9. The van der Waals surface area contributed by atoms with Gasteiger partial charge in [-0.1, -0.05) is 6.42 Å². The topological polar surface area (TPSA) is 83.6 Å². The van der Waals surface area contributed by atoms with E-state index in [1.54, 1.807) is 4.90 Å². The van der Waals surface area contributed by atoms with Crippen LogP contribution in [0.3, 0.4) is 0 Å². The van der Waals surface area contributed by atoms with Crippen molar-refractivity contribution in [1.82, 2.24) is 4.90 Å². The molecule has 3 atom stereocenters. The molecule has 17 heavy (non-hydrogen) atoms. The Bertz CT molecular complexity index is 319. The molecule has 96 valence electrons. The minimum Gasteiger partial charge on any atom is -0.481 e. The Labute approximate surface area is 101 Å². The predicted molar refractivity (Wildman–Crippen MR) is 62.3 cm³/mol. The molecule has 5 heteroatoms. The number of carboxylic acid groups (broad SMARTS) is 1. The number of aliphatic carboxylic acids is 1. The van der Waals surface area contributed by atoms with Crippen molar-refractivity contribution in [2.75, 3.05) is 13.1 Å². The molecule has 1 saturated carbocycles. The van der Waals surface area contributed by atoms with Crippen LogP contribution in [0.2, 0.25) is 0 Å². The Balaban J connectivity index is 1.93. The highest BCUT2D eigenvalue weighted by atomic mass is 16.4. The summed E-state index contributed by atoms with van der Waals surface area (Å²) < 4.78 is 0. The van der Waals surface area contributed by atoms with E-state index in [0.29, 0.717) is 19.4 Å². The van der Waals surface area contributed by atoms with Crippen molar-refractivity contribution in [2.45, 2.75) is 38.1 Å². The van der Waals surface area contributed by atoms with Gasteiger partial charge in [0.25, 0.3) is 0 Å². The van der Waals surface area contributed by atoms with Gasteiger partial charge in [0.2, 0.25) is 5.91 Å². The molecule has 0 spiro atoms. The van der Waals surface area contributed by atoms with Crippen molar-refractivity contribution in [3.05, 3.63) is 0 Å². The lowest BCUT2D eigenvalue weighted by molar-refractivity contribution is -0.145. The molecule has 3 unspecified atom stereocenters. The van der Waals surface area contributed by atoms with Gasteiger partial charge >= 0.3 is 5.97 Å². The van der Waals surface area contributed by atoms with Gasteiger partial charge in [-0.25, -0.2) is 0 Å². The van der Waals surface area contributed by atoms with Crippen LogP contribution in [0.15, 0.2) is 0 Å². The number of nitrogens with zero attached hydrogens (tertiary/aromatic N) is 1. The second kappa shape index (κ2) is 5.04. The van der Waals surface area contributed by atoms with E-state index in [-0.39, 0.29) is 23.8 Å². The van der Waals surface area contributed by atoms with Crippen LogP contribution in [0.4, 0.5) is 0 Å². The van der Waals surface area contributed by atoms with Crippen LogP contribution in [0, 0.1) is 11.8 Å². The summed E-state index contributed by atoms with van der Waals surface area (Å²) in [6, 6.07) is 0.0952. The van der Waals surface area contributed by atoms with E-state index in [1.807, 2.05) is 0 Å². The van der Waals surface area contributed by atoms with E-state index in [4.69, 9.17) is 10.8 Å². The standard InChI is InChI=1S/C12H20N2O3/c13-10-4-5-14(7-10)11(15)8-2-1-3-9(6-8)12(16)17/h8-10H,1-7,13H2,(H,16,17). The minimum atomic E-state index is -0.763. The normalized spacial score (nSPS) is 33.7. The molecule has 1 aliphatic heterocycles. The number of hydrogen-bond acceptors (Lipinski definition) is 3. The van der Waals surface area contributed by atoms with Gasteiger partial charge in [-0.3, -0.25) is 9.59 Å². The largest absolute Gasteiger partial charge is 0.481 e. The molecular formula is C12H20N2O3. The first kappa shape index (κ1) is 12.4. The Morgan fingerprint density at radius 2 is 1.88 bits per heavy atom. The van der Waals surface area contributed by atoms with Crippen LogP contribution < -0.4 is 5.73 Å².